The van der Waals surface area contributed by atoms with Gasteiger partial charge in [0, 0.05) is 30.9 Å². The molecule has 1 fully saturated rings. The minimum atomic E-state index is -0.856. The van der Waals surface area contributed by atoms with Gasteiger partial charge in [-0.15, -0.1) is 0 Å². The van der Waals surface area contributed by atoms with Crippen molar-refractivity contribution in [2.75, 3.05) is 12.4 Å². The van der Waals surface area contributed by atoms with Crippen molar-refractivity contribution in [2.45, 2.75) is 18.8 Å². The van der Waals surface area contributed by atoms with Crippen LogP contribution in [0.4, 0.5) is 14.5 Å². The summed E-state index contributed by atoms with van der Waals surface area (Å²) in [5.41, 5.74) is 1.78. The fourth-order valence-electron chi connectivity index (χ4n) is 3.04. The molecular formula is C20H18F2N4O2. The van der Waals surface area contributed by atoms with Crippen LogP contribution in [0.25, 0.3) is 11.3 Å². The first-order valence-corrected chi connectivity index (χ1v) is 8.81. The molecule has 28 heavy (non-hydrogen) atoms. The van der Waals surface area contributed by atoms with Crippen LogP contribution in [0.1, 0.15) is 34.9 Å². The smallest absolute Gasteiger partial charge is 0.276 e. The summed E-state index contributed by atoms with van der Waals surface area (Å²) in [7, 11) is 3.24. The first-order chi connectivity index (χ1) is 13.5. The predicted molar refractivity (Wildman–Crippen MR) is 99.3 cm³/mol. The lowest BCUT2D eigenvalue weighted by Gasteiger charge is -2.09. The first-order valence-electron chi connectivity index (χ1n) is 8.81. The number of para-hydroxylation sites is 1. The number of carbonyl (C=O) groups is 1. The van der Waals surface area contributed by atoms with E-state index >= 15 is 0 Å². The summed E-state index contributed by atoms with van der Waals surface area (Å²) in [6, 6.07) is 6.80. The summed E-state index contributed by atoms with van der Waals surface area (Å²) in [4.78, 5) is 16.9. The van der Waals surface area contributed by atoms with Gasteiger partial charge in [0.05, 0.1) is 18.4 Å². The van der Waals surface area contributed by atoms with E-state index in [1.165, 1.54) is 16.8 Å². The molecule has 1 amide bonds. The molecule has 4 rings (SSSR count). The van der Waals surface area contributed by atoms with Crippen LogP contribution in [-0.4, -0.2) is 27.8 Å². The fraction of sp³-hybridized carbons (Fsp3) is 0.250. The van der Waals surface area contributed by atoms with Crippen molar-refractivity contribution in [2.24, 2.45) is 7.05 Å². The Hall–Kier alpha value is -3.29. The normalized spacial score (nSPS) is 13.4. The maximum Gasteiger partial charge on any atom is 0.276 e. The zero-order valence-corrected chi connectivity index (χ0v) is 15.4. The predicted octanol–water partition coefficient (Wildman–Crippen LogP) is 3.90. The number of methoxy groups -OCH3 is 1. The Kier molecular flexibility index (Phi) is 4.54. The van der Waals surface area contributed by atoms with Crippen molar-refractivity contribution in [3.05, 3.63) is 59.6 Å². The second kappa shape index (κ2) is 7.03. The number of aryl methyl sites for hydroxylation is 1. The molecule has 1 aromatic carbocycles. The van der Waals surface area contributed by atoms with Gasteiger partial charge in [0.15, 0.2) is 5.69 Å². The Morgan fingerprint density at radius 2 is 1.96 bits per heavy atom. The van der Waals surface area contributed by atoms with E-state index in [4.69, 9.17) is 4.74 Å². The Bertz CT molecular complexity index is 1040. The fourth-order valence-corrected chi connectivity index (χ4v) is 3.04. The van der Waals surface area contributed by atoms with Crippen LogP contribution in [0, 0.1) is 11.6 Å². The lowest BCUT2D eigenvalue weighted by atomic mass is 10.1. The van der Waals surface area contributed by atoms with Gasteiger partial charge in [-0.2, -0.15) is 5.10 Å². The summed E-state index contributed by atoms with van der Waals surface area (Å²) in [5, 5.41) is 6.40. The zero-order chi connectivity index (χ0) is 19.8. The molecule has 0 saturated heterocycles. The van der Waals surface area contributed by atoms with Gasteiger partial charge in [-0.1, -0.05) is 6.07 Å². The Morgan fingerprint density at radius 1 is 1.25 bits per heavy atom. The van der Waals surface area contributed by atoms with Gasteiger partial charge in [-0.25, -0.2) is 8.78 Å². The maximum atomic E-state index is 13.8. The molecule has 0 aliphatic heterocycles. The molecule has 3 aromatic rings. The number of hydrogen-bond acceptors (Lipinski definition) is 4. The number of nitrogens with zero attached hydrogens (tertiary/aromatic N) is 3. The number of rotatable bonds is 5. The van der Waals surface area contributed by atoms with Crippen LogP contribution in [0.15, 0.2) is 36.5 Å². The average Bonchev–Trinajstić information content (AvgIpc) is 3.46. The number of anilines is 1. The zero-order valence-electron chi connectivity index (χ0n) is 15.4. The van der Waals surface area contributed by atoms with Gasteiger partial charge in [0.2, 0.25) is 0 Å². The molecule has 2 aromatic heterocycles. The van der Waals surface area contributed by atoms with Gasteiger partial charge >= 0.3 is 0 Å². The van der Waals surface area contributed by atoms with Crippen LogP contribution in [-0.2, 0) is 7.05 Å². The largest absolute Gasteiger partial charge is 0.496 e. The summed E-state index contributed by atoms with van der Waals surface area (Å²) in [5.74, 6) is -1.32. The highest BCUT2D eigenvalue weighted by Crippen LogP contribution is 2.41. The number of nitrogens with one attached hydrogen (secondary N) is 1. The first kappa shape index (κ1) is 18.1. The van der Waals surface area contributed by atoms with Crippen molar-refractivity contribution in [3.8, 4) is 17.0 Å². The van der Waals surface area contributed by atoms with E-state index in [2.05, 4.69) is 15.4 Å². The Morgan fingerprint density at radius 3 is 2.61 bits per heavy atom. The molecule has 0 unspecified atom stereocenters. The minimum Gasteiger partial charge on any atom is -0.496 e. The molecule has 1 aliphatic rings. The van der Waals surface area contributed by atoms with E-state index in [9.17, 15) is 13.6 Å². The maximum absolute atomic E-state index is 13.8. The molecule has 6 nitrogen and oxygen atoms in total. The molecule has 0 spiro atoms. The summed E-state index contributed by atoms with van der Waals surface area (Å²) in [6.07, 6.45) is 3.94. The lowest BCUT2D eigenvalue weighted by Crippen LogP contribution is -2.15. The van der Waals surface area contributed by atoms with Gasteiger partial charge in [0.1, 0.15) is 23.1 Å². The molecule has 2 heterocycles. The number of pyridine rings is 1. The SMILES string of the molecule is COc1cc(C2CC2)ncc1-c1cc(C(=O)Nc2c(F)cccc2F)nn1C. The van der Waals surface area contributed by atoms with Gasteiger partial charge in [-0.3, -0.25) is 14.5 Å². The van der Waals surface area contributed by atoms with Gasteiger partial charge in [0.25, 0.3) is 5.91 Å². The number of carbonyl (C=O) groups excluding carboxylic acids is 1. The van der Waals surface area contributed by atoms with Crippen LogP contribution < -0.4 is 10.1 Å². The van der Waals surface area contributed by atoms with Crippen molar-refractivity contribution >= 4 is 11.6 Å². The summed E-state index contributed by atoms with van der Waals surface area (Å²) >= 11 is 0. The summed E-state index contributed by atoms with van der Waals surface area (Å²) < 4.78 is 34.5. The average molecular weight is 384 g/mol. The third kappa shape index (κ3) is 3.33. The highest BCUT2D eigenvalue weighted by Gasteiger charge is 2.27. The highest BCUT2D eigenvalue weighted by atomic mass is 19.1. The van der Waals surface area contributed by atoms with Crippen molar-refractivity contribution < 1.29 is 18.3 Å². The number of hydrogen-bond donors (Lipinski definition) is 1. The van der Waals surface area contributed by atoms with E-state index in [-0.39, 0.29) is 5.69 Å². The number of ether oxygens (including phenoxy) is 1. The number of benzene rings is 1. The molecular weight excluding hydrogens is 366 g/mol. The molecule has 0 bridgehead atoms. The second-order valence-electron chi connectivity index (χ2n) is 6.67. The van der Waals surface area contributed by atoms with E-state index in [1.807, 2.05) is 6.07 Å². The van der Waals surface area contributed by atoms with E-state index in [0.717, 1.165) is 30.7 Å². The van der Waals surface area contributed by atoms with E-state index < -0.39 is 23.2 Å². The highest BCUT2D eigenvalue weighted by molar-refractivity contribution is 6.03. The number of amides is 1. The third-order valence-corrected chi connectivity index (χ3v) is 4.69. The minimum absolute atomic E-state index is 0.0217. The van der Waals surface area contributed by atoms with Crippen molar-refractivity contribution in [1.82, 2.24) is 14.8 Å². The third-order valence-electron chi connectivity index (χ3n) is 4.69. The molecule has 1 aliphatic carbocycles. The monoisotopic (exact) mass is 384 g/mol. The van der Waals surface area contributed by atoms with E-state index in [1.54, 1.807) is 20.4 Å². The van der Waals surface area contributed by atoms with Crippen LogP contribution in [0.3, 0.4) is 0 Å². The number of halogens is 2. The van der Waals surface area contributed by atoms with E-state index in [0.29, 0.717) is 22.9 Å². The standard InChI is InChI=1S/C20H18F2N4O2/c1-26-17(12-10-23-15(11-6-7-11)9-18(12)28-2)8-16(25-26)20(27)24-19-13(21)4-3-5-14(19)22/h3-5,8-11H,6-7H2,1-2H3,(H,24,27). The molecule has 1 N–H and O–H groups in total. The molecule has 144 valence electrons. The Balaban J connectivity index is 1.64. The van der Waals surface area contributed by atoms with Crippen molar-refractivity contribution in [1.29, 1.82) is 0 Å². The van der Waals surface area contributed by atoms with Gasteiger partial charge < -0.3 is 10.1 Å². The topological polar surface area (TPSA) is 69.0 Å². The number of aromatic nitrogens is 3. The molecule has 1 saturated carbocycles. The molecule has 0 atom stereocenters. The Labute approximate surface area is 160 Å². The van der Waals surface area contributed by atoms with Crippen LogP contribution in [0.2, 0.25) is 0 Å². The van der Waals surface area contributed by atoms with Crippen LogP contribution in [0.5, 0.6) is 5.75 Å². The van der Waals surface area contributed by atoms with Crippen LogP contribution >= 0.6 is 0 Å². The quantitative estimate of drug-likeness (QED) is 0.724. The lowest BCUT2D eigenvalue weighted by molar-refractivity contribution is 0.102. The molecule has 8 heteroatoms. The van der Waals surface area contributed by atoms with Gasteiger partial charge in [-0.05, 0) is 31.0 Å². The summed E-state index contributed by atoms with van der Waals surface area (Å²) in [6.45, 7) is 0. The second-order valence-corrected chi connectivity index (χ2v) is 6.67. The molecule has 0 radical (unpaired) electrons. The van der Waals surface area contributed by atoms with Crippen molar-refractivity contribution in [3.63, 3.8) is 0 Å².